The van der Waals surface area contributed by atoms with E-state index in [-0.39, 0.29) is 5.97 Å². The molecule has 1 aromatic carbocycles. The zero-order chi connectivity index (χ0) is 15.2. The van der Waals surface area contributed by atoms with Gasteiger partial charge in [-0.05, 0) is 56.7 Å². The maximum atomic E-state index is 11.7. The number of ether oxygens (including phenoxy) is 1. The van der Waals surface area contributed by atoms with Crippen molar-refractivity contribution in [3.8, 4) is 0 Å². The molecule has 0 heterocycles. The molecule has 1 saturated carbocycles. The Hall–Kier alpha value is -1.71. The van der Waals surface area contributed by atoms with E-state index in [1.165, 1.54) is 32.1 Å². The molecular weight excluding hydrogens is 264 g/mol. The molecule has 1 aromatic rings. The van der Waals surface area contributed by atoms with Crippen LogP contribution < -0.4 is 11.1 Å². The Morgan fingerprint density at radius 1 is 1.29 bits per heavy atom. The Labute approximate surface area is 127 Å². The van der Waals surface area contributed by atoms with Crippen molar-refractivity contribution in [2.24, 2.45) is 5.92 Å². The topological polar surface area (TPSA) is 64.3 Å². The number of anilines is 2. The third kappa shape index (κ3) is 4.13. The summed E-state index contributed by atoms with van der Waals surface area (Å²) in [5.41, 5.74) is 8.09. The first-order valence-electron chi connectivity index (χ1n) is 7.97. The van der Waals surface area contributed by atoms with Crippen LogP contribution in [0.5, 0.6) is 0 Å². The number of hydrogen-bond acceptors (Lipinski definition) is 4. The largest absolute Gasteiger partial charge is 0.462 e. The fourth-order valence-electron chi connectivity index (χ4n) is 2.97. The molecule has 0 bridgehead atoms. The smallest absolute Gasteiger partial charge is 0.338 e. The molecule has 0 atom stereocenters. The van der Waals surface area contributed by atoms with E-state index in [9.17, 15) is 4.79 Å². The molecule has 0 saturated heterocycles. The van der Waals surface area contributed by atoms with Gasteiger partial charge in [0.2, 0.25) is 0 Å². The van der Waals surface area contributed by atoms with Crippen LogP contribution in [0.15, 0.2) is 18.2 Å². The van der Waals surface area contributed by atoms with Crippen molar-refractivity contribution in [3.05, 3.63) is 23.8 Å². The zero-order valence-corrected chi connectivity index (χ0v) is 13.0. The minimum atomic E-state index is -0.320. The summed E-state index contributed by atoms with van der Waals surface area (Å²) in [6.07, 6.45) is 6.24. The molecule has 0 aliphatic heterocycles. The van der Waals surface area contributed by atoms with E-state index in [0.717, 1.165) is 11.6 Å². The van der Waals surface area contributed by atoms with Crippen LogP contribution in [0, 0.1) is 5.92 Å². The summed E-state index contributed by atoms with van der Waals surface area (Å²) in [6, 6.07) is 5.84. The second-order valence-corrected chi connectivity index (χ2v) is 5.79. The lowest BCUT2D eigenvalue weighted by Gasteiger charge is -2.29. The Morgan fingerprint density at radius 2 is 2.00 bits per heavy atom. The maximum Gasteiger partial charge on any atom is 0.338 e. The van der Waals surface area contributed by atoms with Gasteiger partial charge in [0, 0.05) is 6.04 Å². The average Bonchev–Trinajstić information content (AvgIpc) is 2.50. The van der Waals surface area contributed by atoms with Gasteiger partial charge < -0.3 is 15.8 Å². The van der Waals surface area contributed by atoms with Gasteiger partial charge in [0.25, 0.3) is 0 Å². The van der Waals surface area contributed by atoms with Crippen LogP contribution >= 0.6 is 0 Å². The van der Waals surface area contributed by atoms with E-state index in [0.29, 0.717) is 23.9 Å². The molecule has 2 rings (SSSR count). The molecule has 4 heteroatoms. The van der Waals surface area contributed by atoms with Gasteiger partial charge in [0.05, 0.1) is 23.5 Å². The summed E-state index contributed by atoms with van der Waals surface area (Å²) >= 11 is 0. The third-order valence-corrected chi connectivity index (χ3v) is 4.35. The fraction of sp³-hybridized carbons (Fsp3) is 0.588. The molecule has 21 heavy (non-hydrogen) atoms. The lowest BCUT2D eigenvalue weighted by Crippen LogP contribution is -2.26. The van der Waals surface area contributed by atoms with E-state index < -0.39 is 0 Å². The summed E-state index contributed by atoms with van der Waals surface area (Å²) in [6.45, 7) is 4.44. The van der Waals surface area contributed by atoms with Crippen molar-refractivity contribution >= 4 is 17.3 Å². The standard InChI is InChI=1S/C17H26N2O2/c1-3-12-5-8-14(9-6-12)19-16-10-7-13(11-15(16)18)17(20)21-4-2/h7,10-12,14,19H,3-6,8-9,18H2,1-2H3. The van der Waals surface area contributed by atoms with Gasteiger partial charge in [-0.15, -0.1) is 0 Å². The quantitative estimate of drug-likeness (QED) is 0.639. The van der Waals surface area contributed by atoms with E-state index in [2.05, 4.69) is 12.2 Å². The molecule has 1 aliphatic carbocycles. The van der Waals surface area contributed by atoms with Gasteiger partial charge in [-0.1, -0.05) is 13.3 Å². The lowest BCUT2D eigenvalue weighted by atomic mass is 9.84. The van der Waals surface area contributed by atoms with Gasteiger partial charge >= 0.3 is 5.97 Å². The highest BCUT2D eigenvalue weighted by molar-refractivity contribution is 5.91. The Kier molecular flexibility index (Phi) is 5.48. The van der Waals surface area contributed by atoms with Crippen molar-refractivity contribution in [1.82, 2.24) is 0 Å². The summed E-state index contributed by atoms with van der Waals surface area (Å²) < 4.78 is 4.98. The SMILES string of the molecule is CCOC(=O)c1ccc(NC2CCC(CC)CC2)c(N)c1. The number of esters is 1. The van der Waals surface area contributed by atoms with Crippen LogP contribution in [0.3, 0.4) is 0 Å². The highest BCUT2D eigenvalue weighted by Gasteiger charge is 2.20. The predicted molar refractivity (Wildman–Crippen MR) is 86.5 cm³/mol. The molecule has 1 fully saturated rings. The van der Waals surface area contributed by atoms with Gasteiger partial charge in [0.1, 0.15) is 0 Å². The number of carbonyl (C=O) groups is 1. The maximum absolute atomic E-state index is 11.7. The normalized spacial score (nSPS) is 21.8. The van der Waals surface area contributed by atoms with E-state index in [4.69, 9.17) is 10.5 Å². The molecule has 0 unspecified atom stereocenters. The molecule has 0 aromatic heterocycles. The summed E-state index contributed by atoms with van der Waals surface area (Å²) in [7, 11) is 0. The number of carbonyl (C=O) groups excluding carboxylic acids is 1. The molecule has 3 N–H and O–H groups in total. The monoisotopic (exact) mass is 290 g/mol. The second kappa shape index (κ2) is 7.34. The molecule has 116 valence electrons. The fourth-order valence-corrected chi connectivity index (χ4v) is 2.97. The van der Waals surface area contributed by atoms with E-state index in [1.807, 2.05) is 6.07 Å². The van der Waals surface area contributed by atoms with Crippen LogP contribution in [0.2, 0.25) is 0 Å². The van der Waals surface area contributed by atoms with E-state index in [1.54, 1.807) is 19.1 Å². The van der Waals surface area contributed by atoms with Crippen molar-refractivity contribution in [2.45, 2.75) is 52.0 Å². The molecule has 0 amide bonds. The van der Waals surface area contributed by atoms with Crippen molar-refractivity contribution in [3.63, 3.8) is 0 Å². The van der Waals surface area contributed by atoms with E-state index >= 15 is 0 Å². The number of rotatable bonds is 5. The first-order chi connectivity index (χ1) is 10.1. The second-order valence-electron chi connectivity index (χ2n) is 5.79. The van der Waals surface area contributed by atoms with Crippen molar-refractivity contribution in [2.75, 3.05) is 17.7 Å². The number of nitrogens with one attached hydrogen (secondary N) is 1. The van der Waals surface area contributed by atoms with Gasteiger partial charge in [-0.25, -0.2) is 4.79 Å². The molecule has 0 radical (unpaired) electrons. The Balaban J connectivity index is 1.97. The van der Waals surface area contributed by atoms with Gasteiger partial charge in [-0.2, -0.15) is 0 Å². The minimum absolute atomic E-state index is 0.320. The summed E-state index contributed by atoms with van der Waals surface area (Å²) in [5, 5.41) is 3.51. The van der Waals surface area contributed by atoms with Crippen molar-refractivity contribution in [1.29, 1.82) is 0 Å². The first kappa shape index (κ1) is 15.7. The number of hydrogen-bond donors (Lipinski definition) is 2. The summed E-state index contributed by atoms with van der Waals surface area (Å²) in [4.78, 5) is 11.7. The molecular formula is C17H26N2O2. The third-order valence-electron chi connectivity index (χ3n) is 4.35. The first-order valence-corrected chi connectivity index (χ1v) is 7.97. The number of nitrogens with two attached hydrogens (primary N) is 1. The highest BCUT2D eigenvalue weighted by Crippen LogP contribution is 2.30. The molecule has 4 nitrogen and oxygen atoms in total. The van der Waals surface area contributed by atoms with Crippen LogP contribution in [0.25, 0.3) is 0 Å². The van der Waals surface area contributed by atoms with Gasteiger partial charge in [0.15, 0.2) is 0 Å². The van der Waals surface area contributed by atoms with Gasteiger partial charge in [-0.3, -0.25) is 0 Å². The molecule has 0 spiro atoms. The van der Waals surface area contributed by atoms with Crippen LogP contribution in [-0.4, -0.2) is 18.6 Å². The Morgan fingerprint density at radius 3 is 2.57 bits per heavy atom. The van der Waals surface area contributed by atoms with Crippen molar-refractivity contribution < 1.29 is 9.53 Å². The number of benzene rings is 1. The molecule has 1 aliphatic rings. The summed E-state index contributed by atoms with van der Waals surface area (Å²) in [5.74, 6) is 0.561. The van der Waals surface area contributed by atoms with Crippen LogP contribution in [-0.2, 0) is 4.74 Å². The lowest BCUT2D eigenvalue weighted by molar-refractivity contribution is 0.0526. The van der Waals surface area contributed by atoms with Crippen LogP contribution in [0.1, 0.15) is 56.3 Å². The average molecular weight is 290 g/mol. The highest BCUT2D eigenvalue weighted by atomic mass is 16.5. The Bertz CT molecular complexity index is 480. The minimum Gasteiger partial charge on any atom is -0.462 e. The number of nitrogen functional groups attached to an aromatic ring is 1. The zero-order valence-electron chi connectivity index (χ0n) is 13.0. The predicted octanol–water partition coefficient (Wildman–Crippen LogP) is 3.83. The van der Waals surface area contributed by atoms with Crippen LogP contribution in [0.4, 0.5) is 11.4 Å².